The van der Waals surface area contributed by atoms with Gasteiger partial charge in [-0.15, -0.1) is 23.7 Å². The SMILES string of the molecule is CC(C)OC(=O)N1CCC(N(C)c2ncnc3c(-c4ccc(CC(N)C(=O)O)cc4)csc23)CC1.Cl. The molecule has 194 valence electrons. The standard InChI is InChI=1S/C25H31N5O4S.ClH/c1-15(2)34-25(33)30-10-8-18(9-11-30)29(3)23-22-21(27-14-28-23)19(13-35-22)17-6-4-16(5-7-17)12-20(26)24(31)32;/h4-7,13-15,18,20H,8-12,26H2,1-3H3,(H,31,32);1H. The van der Waals surface area contributed by atoms with Crippen molar-refractivity contribution in [2.45, 2.75) is 51.3 Å². The molecule has 1 aliphatic rings. The monoisotopic (exact) mass is 533 g/mol. The van der Waals surface area contributed by atoms with Gasteiger partial charge in [0.05, 0.1) is 16.3 Å². The van der Waals surface area contributed by atoms with Gasteiger partial charge in [-0.1, -0.05) is 24.3 Å². The molecule has 0 aliphatic carbocycles. The minimum atomic E-state index is -1.01. The average Bonchev–Trinajstić information content (AvgIpc) is 3.28. The quantitative estimate of drug-likeness (QED) is 0.464. The first-order valence-electron chi connectivity index (χ1n) is 11.7. The maximum absolute atomic E-state index is 12.2. The molecule has 11 heteroatoms. The minimum absolute atomic E-state index is 0. The lowest BCUT2D eigenvalue weighted by atomic mass is 10.0. The third-order valence-electron chi connectivity index (χ3n) is 6.31. The Balaban J connectivity index is 0.00000361. The van der Waals surface area contributed by atoms with Crippen molar-refractivity contribution in [1.82, 2.24) is 14.9 Å². The Morgan fingerprint density at radius 3 is 2.50 bits per heavy atom. The van der Waals surface area contributed by atoms with Crippen LogP contribution < -0.4 is 10.6 Å². The lowest BCUT2D eigenvalue weighted by molar-refractivity contribution is -0.138. The van der Waals surface area contributed by atoms with Crippen molar-refractivity contribution < 1.29 is 19.4 Å². The fourth-order valence-corrected chi connectivity index (χ4v) is 5.40. The molecule has 0 saturated carbocycles. The molecule has 36 heavy (non-hydrogen) atoms. The predicted molar refractivity (Wildman–Crippen MR) is 144 cm³/mol. The topological polar surface area (TPSA) is 122 Å². The summed E-state index contributed by atoms with van der Waals surface area (Å²) in [5.41, 5.74) is 9.45. The average molecular weight is 534 g/mol. The second-order valence-corrected chi connectivity index (χ2v) is 10.0. The Hall–Kier alpha value is -2.95. The number of rotatable bonds is 7. The molecule has 0 spiro atoms. The first-order chi connectivity index (χ1) is 16.7. The highest BCUT2D eigenvalue weighted by Gasteiger charge is 2.28. The Kier molecular flexibility index (Phi) is 9.10. The van der Waals surface area contributed by atoms with Crippen LogP contribution in [0.5, 0.6) is 0 Å². The van der Waals surface area contributed by atoms with E-state index in [0.29, 0.717) is 13.1 Å². The van der Waals surface area contributed by atoms with Crippen LogP contribution >= 0.6 is 23.7 Å². The number of thiophene rings is 1. The van der Waals surface area contributed by atoms with Crippen molar-refractivity contribution in [3.05, 3.63) is 41.5 Å². The molecule has 4 rings (SSSR count). The summed E-state index contributed by atoms with van der Waals surface area (Å²) >= 11 is 1.61. The molecule has 3 heterocycles. The third kappa shape index (κ3) is 6.05. The van der Waals surface area contributed by atoms with Crippen molar-refractivity contribution in [3.63, 3.8) is 0 Å². The summed E-state index contributed by atoms with van der Waals surface area (Å²) < 4.78 is 6.35. The number of hydrogen-bond acceptors (Lipinski definition) is 8. The summed E-state index contributed by atoms with van der Waals surface area (Å²) in [5, 5.41) is 11.1. The number of hydrogen-bond donors (Lipinski definition) is 2. The largest absolute Gasteiger partial charge is 0.480 e. The van der Waals surface area contributed by atoms with E-state index < -0.39 is 12.0 Å². The van der Waals surface area contributed by atoms with E-state index in [2.05, 4.69) is 27.3 Å². The molecule has 1 aromatic carbocycles. The van der Waals surface area contributed by atoms with Crippen LogP contribution in [0, 0.1) is 0 Å². The van der Waals surface area contributed by atoms with E-state index in [1.165, 1.54) is 0 Å². The molecule has 0 bridgehead atoms. The summed E-state index contributed by atoms with van der Waals surface area (Å²) in [6.45, 7) is 5.03. The van der Waals surface area contributed by atoms with E-state index in [0.717, 1.165) is 45.6 Å². The highest BCUT2D eigenvalue weighted by atomic mass is 35.5. The molecule has 1 amide bonds. The number of halogens is 1. The number of amides is 1. The van der Waals surface area contributed by atoms with Crippen molar-refractivity contribution >= 4 is 51.8 Å². The van der Waals surface area contributed by atoms with E-state index in [-0.39, 0.29) is 37.1 Å². The van der Waals surface area contributed by atoms with Crippen LogP contribution in [0.15, 0.2) is 36.0 Å². The number of carbonyl (C=O) groups excluding carboxylic acids is 1. The number of carboxylic acids is 1. The Labute approximate surface area is 220 Å². The number of ether oxygens (including phenoxy) is 1. The Morgan fingerprint density at radius 2 is 1.89 bits per heavy atom. The minimum Gasteiger partial charge on any atom is -0.480 e. The zero-order chi connectivity index (χ0) is 25.1. The highest BCUT2D eigenvalue weighted by Crippen LogP contribution is 2.37. The normalized spacial score (nSPS) is 15.0. The van der Waals surface area contributed by atoms with Gasteiger partial charge in [-0.05, 0) is 44.2 Å². The summed E-state index contributed by atoms with van der Waals surface area (Å²) in [7, 11) is 2.05. The number of carboxylic acid groups (broad SMARTS) is 1. The summed E-state index contributed by atoms with van der Waals surface area (Å²) in [6.07, 6.45) is 3.19. The van der Waals surface area contributed by atoms with Crippen LogP contribution in [0.4, 0.5) is 10.6 Å². The van der Waals surface area contributed by atoms with Gasteiger partial charge >= 0.3 is 12.1 Å². The van der Waals surface area contributed by atoms with Crippen LogP contribution in [0.25, 0.3) is 21.3 Å². The van der Waals surface area contributed by atoms with Crippen LogP contribution in [-0.4, -0.2) is 70.4 Å². The molecule has 1 saturated heterocycles. The van der Waals surface area contributed by atoms with E-state index in [1.54, 1.807) is 22.6 Å². The zero-order valence-electron chi connectivity index (χ0n) is 20.6. The molecule has 1 unspecified atom stereocenters. The van der Waals surface area contributed by atoms with Crippen LogP contribution in [0.1, 0.15) is 32.3 Å². The van der Waals surface area contributed by atoms with Crippen molar-refractivity contribution in [2.24, 2.45) is 5.73 Å². The number of likely N-dealkylation sites (tertiary alicyclic amines) is 1. The summed E-state index contributed by atoms with van der Waals surface area (Å²) in [5.74, 6) is -0.120. The molecule has 0 radical (unpaired) electrons. The predicted octanol–water partition coefficient (Wildman–Crippen LogP) is 4.18. The van der Waals surface area contributed by atoms with Gasteiger partial charge in [-0.2, -0.15) is 0 Å². The van der Waals surface area contributed by atoms with Gasteiger partial charge in [-0.3, -0.25) is 4.79 Å². The second kappa shape index (κ2) is 11.9. The lowest BCUT2D eigenvalue weighted by Gasteiger charge is -2.37. The van der Waals surface area contributed by atoms with Crippen molar-refractivity contribution in [2.75, 3.05) is 25.0 Å². The van der Waals surface area contributed by atoms with E-state index in [4.69, 9.17) is 15.6 Å². The number of anilines is 1. The van der Waals surface area contributed by atoms with Gasteiger partial charge in [0.15, 0.2) is 0 Å². The number of piperidine rings is 1. The van der Waals surface area contributed by atoms with Crippen molar-refractivity contribution in [3.8, 4) is 11.1 Å². The van der Waals surface area contributed by atoms with E-state index in [9.17, 15) is 9.59 Å². The number of carbonyl (C=O) groups is 2. The second-order valence-electron chi connectivity index (χ2n) is 9.13. The Bertz CT molecular complexity index is 1190. The van der Waals surface area contributed by atoms with Gasteiger partial charge < -0.3 is 25.4 Å². The smallest absolute Gasteiger partial charge is 0.410 e. The molecule has 1 aliphatic heterocycles. The lowest BCUT2D eigenvalue weighted by Crippen LogP contribution is -2.46. The maximum Gasteiger partial charge on any atom is 0.410 e. The number of nitrogens with two attached hydrogens (primary N) is 1. The molecule has 1 fully saturated rings. The highest BCUT2D eigenvalue weighted by molar-refractivity contribution is 7.18. The molecule has 3 N–H and O–H groups in total. The van der Waals surface area contributed by atoms with Crippen LogP contribution in [-0.2, 0) is 16.0 Å². The molecule has 1 atom stereocenters. The maximum atomic E-state index is 12.2. The van der Waals surface area contributed by atoms with Crippen molar-refractivity contribution in [1.29, 1.82) is 0 Å². The number of benzene rings is 1. The number of fused-ring (bicyclic) bond motifs is 1. The number of aliphatic carboxylic acids is 1. The summed E-state index contributed by atoms with van der Waals surface area (Å²) in [4.78, 5) is 36.4. The molecular weight excluding hydrogens is 502 g/mol. The molecule has 2 aromatic heterocycles. The third-order valence-corrected chi connectivity index (χ3v) is 7.28. The zero-order valence-corrected chi connectivity index (χ0v) is 22.2. The fourth-order valence-electron chi connectivity index (χ4n) is 4.34. The van der Waals surface area contributed by atoms with Crippen LogP contribution in [0.3, 0.4) is 0 Å². The van der Waals surface area contributed by atoms with Gasteiger partial charge in [0.2, 0.25) is 0 Å². The molecule has 9 nitrogen and oxygen atoms in total. The Morgan fingerprint density at radius 1 is 1.22 bits per heavy atom. The number of nitrogens with zero attached hydrogens (tertiary/aromatic N) is 4. The van der Waals surface area contributed by atoms with Gasteiger partial charge in [0, 0.05) is 37.1 Å². The van der Waals surface area contributed by atoms with Crippen LogP contribution in [0.2, 0.25) is 0 Å². The molecule has 3 aromatic rings. The fraction of sp³-hybridized carbons (Fsp3) is 0.440. The number of aromatic nitrogens is 2. The molecular formula is C25H32ClN5O4S. The first-order valence-corrected chi connectivity index (χ1v) is 12.6. The van der Waals surface area contributed by atoms with Gasteiger partial charge in [0.25, 0.3) is 0 Å². The van der Waals surface area contributed by atoms with E-state index >= 15 is 0 Å². The first kappa shape index (κ1) is 27.6. The van der Waals surface area contributed by atoms with E-state index in [1.807, 2.05) is 38.1 Å². The van der Waals surface area contributed by atoms with Gasteiger partial charge in [0.1, 0.15) is 18.2 Å². The summed E-state index contributed by atoms with van der Waals surface area (Å²) in [6, 6.07) is 7.12. The van der Waals surface area contributed by atoms with Gasteiger partial charge in [-0.25, -0.2) is 14.8 Å².